The van der Waals surface area contributed by atoms with Crippen LogP contribution >= 0.6 is 0 Å². The van der Waals surface area contributed by atoms with Crippen LogP contribution in [-0.2, 0) is 0 Å². The fourth-order valence-electron chi connectivity index (χ4n) is 1.05. The quantitative estimate of drug-likeness (QED) is 0.404. The molecule has 58 valence electrons. The zero-order chi connectivity index (χ0) is 7.82. The van der Waals surface area contributed by atoms with Gasteiger partial charge in [0.2, 0.25) is 0 Å². The Hall–Kier alpha value is -0.440. The van der Waals surface area contributed by atoms with E-state index < -0.39 is 0 Å². The van der Waals surface area contributed by atoms with Crippen molar-refractivity contribution in [2.45, 2.75) is 46.0 Å². The lowest BCUT2D eigenvalue weighted by Crippen LogP contribution is -1.91. The molecule has 0 aromatic carbocycles. The van der Waals surface area contributed by atoms with Crippen LogP contribution in [0.15, 0.2) is 0 Å². The van der Waals surface area contributed by atoms with Gasteiger partial charge in [0.1, 0.15) is 0 Å². The van der Waals surface area contributed by atoms with Crippen LogP contribution in [-0.4, -0.2) is 0 Å². The highest BCUT2D eigenvalue weighted by Gasteiger charge is 1.97. The third-order valence-corrected chi connectivity index (χ3v) is 1.77. The molecule has 0 rings (SSSR count). The van der Waals surface area contributed by atoms with Crippen molar-refractivity contribution in [1.29, 1.82) is 0 Å². The Morgan fingerprint density at radius 1 is 1.40 bits per heavy atom. The van der Waals surface area contributed by atoms with Gasteiger partial charge in [0, 0.05) is 6.42 Å². The second-order valence-electron chi connectivity index (χ2n) is 3.01. The van der Waals surface area contributed by atoms with E-state index in [0.29, 0.717) is 0 Å². The van der Waals surface area contributed by atoms with Crippen LogP contribution in [0.25, 0.3) is 0 Å². The zero-order valence-electron chi connectivity index (χ0n) is 7.19. The van der Waals surface area contributed by atoms with Crippen molar-refractivity contribution in [3.05, 3.63) is 0 Å². The molecule has 0 aliphatic heterocycles. The summed E-state index contributed by atoms with van der Waals surface area (Å²) in [4.78, 5) is 0. The first kappa shape index (κ1) is 9.56. The minimum atomic E-state index is 0.733. The molecular formula is C10H18. The maximum atomic E-state index is 5.18. The SMILES string of the molecule is C#CCC(C)CCCCC. The van der Waals surface area contributed by atoms with E-state index in [-0.39, 0.29) is 0 Å². The van der Waals surface area contributed by atoms with E-state index in [1.807, 2.05) is 0 Å². The maximum Gasteiger partial charge on any atom is 0.0112 e. The number of rotatable bonds is 5. The molecule has 0 heterocycles. The maximum absolute atomic E-state index is 5.18. The van der Waals surface area contributed by atoms with Crippen molar-refractivity contribution in [2.24, 2.45) is 5.92 Å². The first-order valence-electron chi connectivity index (χ1n) is 4.24. The monoisotopic (exact) mass is 138 g/mol. The molecule has 0 N–H and O–H groups in total. The summed E-state index contributed by atoms with van der Waals surface area (Å²) in [7, 11) is 0. The van der Waals surface area contributed by atoms with Gasteiger partial charge in [-0.15, -0.1) is 12.3 Å². The van der Waals surface area contributed by atoms with E-state index in [1.165, 1.54) is 25.7 Å². The van der Waals surface area contributed by atoms with Gasteiger partial charge >= 0.3 is 0 Å². The molecule has 0 aliphatic carbocycles. The van der Waals surface area contributed by atoms with E-state index in [0.717, 1.165) is 12.3 Å². The van der Waals surface area contributed by atoms with Crippen LogP contribution in [0.3, 0.4) is 0 Å². The van der Waals surface area contributed by atoms with Crippen LogP contribution in [0, 0.1) is 18.3 Å². The van der Waals surface area contributed by atoms with Crippen LogP contribution in [0.5, 0.6) is 0 Å². The summed E-state index contributed by atoms with van der Waals surface area (Å²) >= 11 is 0. The van der Waals surface area contributed by atoms with E-state index in [4.69, 9.17) is 6.42 Å². The topological polar surface area (TPSA) is 0 Å². The zero-order valence-corrected chi connectivity index (χ0v) is 7.19. The molecule has 10 heavy (non-hydrogen) atoms. The van der Waals surface area contributed by atoms with Crippen molar-refractivity contribution in [1.82, 2.24) is 0 Å². The minimum absolute atomic E-state index is 0.733. The molecular weight excluding hydrogens is 120 g/mol. The van der Waals surface area contributed by atoms with Crippen molar-refractivity contribution >= 4 is 0 Å². The summed E-state index contributed by atoms with van der Waals surface area (Å²) in [6.07, 6.45) is 11.4. The Balaban J connectivity index is 3.06. The molecule has 0 aromatic rings. The Bertz CT molecular complexity index is 97.1. The van der Waals surface area contributed by atoms with Crippen LogP contribution in [0.1, 0.15) is 46.0 Å². The van der Waals surface area contributed by atoms with Gasteiger partial charge in [-0.3, -0.25) is 0 Å². The van der Waals surface area contributed by atoms with Crippen molar-refractivity contribution in [3.63, 3.8) is 0 Å². The second kappa shape index (κ2) is 6.68. The molecule has 0 amide bonds. The summed E-state index contributed by atoms with van der Waals surface area (Å²) < 4.78 is 0. The summed E-state index contributed by atoms with van der Waals surface area (Å²) in [6, 6.07) is 0. The van der Waals surface area contributed by atoms with Crippen LogP contribution in [0.4, 0.5) is 0 Å². The average molecular weight is 138 g/mol. The molecule has 0 aromatic heterocycles. The van der Waals surface area contributed by atoms with Gasteiger partial charge in [0.05, 0.1) is 0 Å². The lowest BCUT2D eigenvalue weighted by atomic mass is 10.0. The number of unbranched alkanes of at least 4 members (excludes halogenated alkanes) is 2. The Morgan fingerprint density at radius 3 is 2.60 bits per heavy atom. The third kappa shape index (κ3) is 5.69. The van der Waals surface area contributed by atoms with Gasteiger partial charge in [0.15, 0.2) is 0 Å². The highest BCUT2D eigenvalue weighted by Crippen LogP contribution is 2.11. The summed E-state index contributed by atoms with van der Waals surface area (Å²) in [5.41, 5.74) is 0. The molecule has 0 heteroatoms. The minimum Gasteiger partial charge on any atom is -0.120 e. The smallest absolute Gasteiger partial charge is 0.0112 e. The highest BCUT2D eigenvalue weighted by atomic mass is 14.0. The van der Waals surface area contributed by atoms with Crippen molar-refractivity contribution in [2.75, 3.05) is 0 Å². The summed E-state index contributed by atoms with van der Waals surface area (Å²) in [5, 5.41) is 0. The lowest BCUT2D eigenvalue weighted by Gasteiger charge is -2.05. The molecule has 1 unspecified atom stereocenters. The van der Waals surface area contributed by atoms with Crippen molar-refractivity contribution < 1.29 is 0 Å². The van der Waals surface area contributed by atoms with Gasteiger partial charge in [-0.1, -0.05) is 33.1 Å². The Kier molecular flexibility index (Phi) is 6.38. The standard InChI is InChI=1S/C10H18/c1-4-6-7-9-10(3)8-5-2/h2,10H,4,6-9H2,1,3H3. The number of terminal acetylenes is 1. The predicted molar refractivity (Wildman–Crippen MR) is 46.8 cm³/mol. The molecule has 0 saturated heterocycles. The fourth-order valence-corrected chi connectivity index (χ4v) is 1.05. The highest BCUT2D eigenvalue weighted by molar-refractivity contribution is 4.85. The molecule has 0 saturated carbocycles. The molecule has 0 nitrogen and oxygen atoms in total. The Morgan fingerprint density at radius 2 is 2.10 bits per heavy atom. The van der Waals surface area contributed by atoms with E-state index in [9.17, 15) is 0 Å². The van der Waals surface area contributed by atoms with Crippen LogP contribution in [0.2, 0.25) is 0 Å². The summed E-state index contributed by atoms with van der Waals surface area (Å²) in [6.45, 7) is 4.46. The molecule has 0 radical (unpaired) electrons. The fraction of sp³-hybridized carbons (Fsp3) is 0.800. The molecule has 0 aliphatic rings. The molecule has 0 bridgehead atoms. The number of hydrogen-bond donors (Lipinski definition) is 0. The molecule has 0 fully saturated rings. The predicted octanol–water partition coefficient (Wildman–Crippen LogP) is 3.23. The molecule has 1 atom stereocenters. The van der Waals surface area contributed by atoms with E-state index in [2.05, 4.69) is 19.8 Å². The van der Waals surface area contributed by atoms with Gasteiger partial charge < -0.3 is 0 Å². The first-order chi connectivity index (χ1) is 4.81. The van der Waals surface area contributed by atoms with Gasteiger partial charge in [-0.2, -0.15) is 0 Å². The number of hydrogen-bond acceptors (Lipinski definition) is 0. The van der Waals surface area contributed by atoms with Gasteiger partial charge in [-0.05, 0) is 12.3 Å². The first-order valence-corrected chi connectivity index (χ1v) is 4.24. The largest absolute Gasteiger partial charge is 0.120 e. The average Bonchev–Trinajstić information content (AvgIpc) is 1.89. The van der Waals surface area contributed by atoms with Crippen LogP contribution < -0.4 is 0 Å². The van der Waals surface area contributed by atoms with Gasteiger partial charge in [0.25, 0.3) is 0 Å². The third-order valence-electron chi connectivity index (χ3n) is 1.77. The Labute approximate surface area is 65.0 Å². The van der Waals surface area contributed by atoms with Crippen molar-refractivity contribution in [3.8, 4) is 12.3 Å². The normalized spacial score (nSPS) is 12.5. The van der Waals surface area contributed by atoms with Gasteiger partial charge in [-0.25, -0.2) is 0 Å². The van der Waals surface area contributed by atoms with E-state index in [1.54, 1.807) is 0 Å². The lowest BCUT2D eigenvalue weighted by molar-refractivity contribution is 0.506. The van der Waals surface area contributed by atoms with E-state index >= 15 is 0 Å². The molecule has 0 spiro atoms. The summed E-state index contributed by atoms with van der Waals surface area (Å²) in [5.74, 6) is 3.43. The second-order valence-corrected chi connectivity index (χ2v) is 3.01.